The summed E-state index contributed by atoms with van der Waals surface area (Å²) in [6, 6.07) is 4.74. The summed E-state index contributed by atoms with van der Waals surface area (Å²) in [7, 11) is 0. The number of carbonyl (C=O) groups is 1. The zero-order chi connectivity index (χ0) is 13.3. The lowest BCUT2D eigenvalue weighted by molar-refractivity contribution is -0.138. The van der Waals surface area contributed by atoms with E-state index in [0.29, 0.717) is 5.69 Å². The third-order valence-electron chi connectivity index (χ3n) is 2.82. The Labute approximate surface area is 102 Å². The van der Waals surface area contributed by atoms with Crippen LogP contribution in [0.3, 0.4) is 0 Å². The van der Waals surface area contributed by atoms with Gasteiger partial charge in [-0.25, -0.2) is 0 Å². The van der Waals surface area contributed by atoms with Crippen molar-refractivity contribution in [1.29, 1.82) is 0 Å². The maximum absolute atomic E-state index is 12.4. The number of aliphatic carboxylic acids is 1. The largest absolute Gasteiger partial charge is 0.480 e. The van der Waals surface area contributed by atoms with Crippen LogP contribution in [0.5, 0.6) is 0 Å². The highest BCUT2D eigenvalue weighted by Crippen LogP contribution is 2.34. The van der Waals surface area contributed by atoms with Gasteiger partial charge in [0.25, 0.3) is 0 Å². The predicted octanol–water partition coefficient (Wildman–Crippen LogP) is 2.76. The van der Waals surface area contributed by atoms with Gasteiger partial charge in [0, 0.05) is 11.7 Å². The number of rotatable bonds is 4. The van der Waals surface area contributed by atoms with Gasteiger partial charge >= 0.3 is 12.1 Å². The Kier molecular flexibility index (Phi) is 3.19. The number of carboxylic acid groups (broad SMARTS) is 1. The molecule has 1 N–H and O–H groups in total. The van der Waals surface area contributed by atoms with Crippen molar-refractivity contribution in [2.45, 2.75) is 25.1 Å². The SMILES string of the molecule is O=C(O)CN(c1ccc(C(F)(F)F)cc1)C1CC1. The highest BCUT2D eigenvalue weighted by Gasteiger charge is 2.33. The van der Waals surface area contributed by atoms with E-state index in [2.05, 4.69) is 0 Å². The van der Waals surface area contributed by atoms with Crippen LogP contribution < -0.4 is 4.90 Å². The highest BCUT2D eigenvalue weighted by atomic mass is 19.4. The second kappa shape index (κ2) is 4.51. The van der Waals surface area contributed by atoms with Crippen LogP contribution in [0.25, 0.3) is 0 Å². The average molecular weight is 259 g/mol. The molecule has 1 aromatic rings. The average Bonchev–Trinajstić information content (AvgIpc) is 3.08. The van der Waals surface area contributed by atoms with E-state index < -0.39 is 17.7 Å². The molecule has 0 saturated heterocycles. The molecule has 0 heterocycles. The van der Waals surface area contributed by atoms with Gasteiger partial charge in [-0.15, -0.1) is 0 Å². The van der Waals surface area contributed by atoms with Crippen LogP contribution >= 0.6 is 0 Å². The quantitative estimate of drug-likeness (QED) is 0.903. The topological polar surface area (TPSA) is 40.5 Å². The fourth-order valence-electron chi connectivity index (χ4n) is 1.81. The Morgan fingerprint density at radius 1 is 1.28 bits per heavy atom. The Morgan fingerprint density at radius 2 is 1.83 bits per heavy atom. The molecule has 0 bridgehead atoms. The molecule has 0 atom stereocenters. The summed E-state index contributed by atoms with van der Waals surface area (Å²) in [6.45, 7) is -0.184. The van der Waals surface area contributed by atoms with Gasteiger partial charge in [-0.1, -0.05) is 0 Å². The predicted molar refractivity (Wildman–Crippen MR) is 59.4 cm³/mol. The first-order chi connectivity index (χ1) is 8.38. The van der Waals surface area contributed by atoms with E-state index in [-0.39, 0.29) is 12.6 Å². The zero-order valence-electron chi connectivity index (χ0n) is 9.44. The molecule has 6 heteroatoms. The van der Waals surface area contributed by atoms with Gasteiger partial charge in [0.1, 0.15) is 6.54 Å². The molecule has 0 radical (unpaired) electrons. The number of alkyl halides is 3. The summed E-state index contributed by atoms with van der Waals surface area (Å²) < 4.78 is 37.2. The molecule has 0 amide bonds. The van der Waals surface area contributed by atoms with Crippen molar-refractivity contribution in [2.75, 3.05) is 11.4 Å². The first-order valence-corrected chi connectivity index (χ1v) is 5.53. The summed E-state index contributed by atoms with van der Waals surface area (Å²) >= 11 is 0. The first kappa shape index (κ1) is 12.7. The van der Waals surface area contributed by atoms with E-state index >= 15 is 0 Å². The monoisotopic (exact) mass is 259 g/mol. The molecule has 1 aliphatic carbocycles. The fourth-order valence-corrected chi connectivity index (χ4v) is 1.81. The Balaban J connectivity index is 2.18. The number of carboxylic acids is 1. The van der Waals surface area contributed by atoms with Gasteiger partial charge < -0.3 is 10.0 Å². The van der Waals surface area contributed by atoms with Crippen molar-refractivity contribution < 1.29 is 23.1 Å². The maximum Gasteiger partial charge on any atom is 0.416 e. The van der Waals surface area contributed by atoms with Gasteiger partial charge in [0.05, 0.1) is 5.56 Å². The van der Waals surface area contributed by atoms with Gasteiger partial charge in [-0.3, -0.25) is 4.79 Å². The van der Waals surface area contributed by atoms with Crippen molar-refractivity contribution >= 4 is 11.7 Å². The lowest BCUT2D eigenvalue weighted by Gasteiger charge is -2.22. The lowest BCUT2D eigenvalue weighted by atomic mass is 10.2. The van der Waals surface area contributed by atoms with E-state index in [0.717, 1.165) is 25.0 Å². The van der Waals surface area contributed by atoms with Crippen LogP contribution in [0, 0.1) is 0 Å². The maximum atomic E-state index is 12.4. The van der Waals surface area contributed by atoms with Crippen LogP contribution in [0.1, 0.15) is 18.4 Å². The van der Waals surface area contributed by atoms with Gasteiger partial charge in [0.15, 0.2) is 0 Å². The molecule has 1 fully saturated rings. The summed E-state index contributed by atoms with van der Waals surface area (Å²) in [5.41, 5.74) is -0.203. The van der Waals surface area contributed by atoms with E-state index in [1.165, 1.54) is 12.1 Å². The Hall–Kier alpha value is -1.72. The van der Waals surface area contributed by atoms with Crippen molar-refractivity contribution in [3.05, 3.63) is 29.8 Å². The molecule has 2 rings (SSSR count). The third kappa shape index (κ3) is 2.94. The number of hydrogen-bond acceptors (Lipinski definition) is 2. The van der Waals surface area contributed by atoms with Crippen molar-refractivity contribution in [1.82, 2.24) is 0 Å². The molecule has 18 heavy (non-hydrogen) atoms. The second-order valence-electron chi connectivity index (χ2n) is 4.30. The number of hydrogen-bond donors (Lipinski definition) is 1. The minimum atomic E-state index is -4.37. The van der Waals surface area contributed by atoms with Crippen LogP contribution in [-0.2, 0) is 11.0 Å². The number of benzene rings is 1. The van der Waals surface area contributed by atoms with E-state index in [1.807, 2.05) is 0 Å². The Morgan fingerprint density at radius 3 is 2.22 bits per heavy atom. The van der Waals surface area contributed by atoms with E-state index in [9.17, 15) is 18.0 Å². The van der Waals surface area contributed by atoms with Crippen LogP contribution in [0.4, 0.5) is 18.9 Å². The summed E-state index contributed by atoms with van der Waals surface area (Å²) in [6.07, 6.45) is -2.60. The molecule has 0 unspecified atom stereocenters. The molecule has 1 saturated carbocycles. The van der Waals surface area contributed by atoms with Crippen molar-refractivity contribution in [3.63, 3.8) is 0 Å². The molecule has 1 aliphatic rings. The van der Waals surface area contributed by atoms with E-state index in [4.69, 9.17) is 5.11 Å². The summed E-state index contributed by atoms with van der Waals surface area (Å²) in [5.74, 6) is -0.984. The van der Waals surface area contributed by atoms with Gasteiger partial charge in [0.2, 0.25) is 0 Å². The van der Waals surface area contributed by atoms with Gasteiger partial charge in [-0.05, 0) is 37.1 Å². The van der Waals surface area contributed by atoms with Crippen molar-refractivity contribution in [3.8, 4) is 0 Å². The molecular formula is C12H12F3NO2. The first-order valence-electron chi connectivity index (χ1n) is 5.53. The molecule has 98 valence electrons. The fraction of sp³-hybridized carbons (Fsp3) is 0.417. The minimum absolute atomic E-state index is 0.137. The molecule has 1 aromatic carbocycles. The summed E-state index contributed by atoms with van der Waals surface area (Å²) in [4.78, 5) is 12.3. The van der Waals surface area contributed by atoms with Crippen LogP contribution in [0.15, 0.2) is 24.3 Å². The lowest BCUT2D eigenvalue weighted by Crippen LogP contribution is -2.31. The van der Waals surface area contributed by atoms with Crippen LogP contribution in [-0.4, -0.2) is 23.7 Å². The summed E-state index contributed by atoms with van der Waals surface area (Å²) in [5, 5.41) is 8.78. The van der Waals surface area contributed by atoms with E-state index in [1.54, 1.807) is 4.90 Å². The Bertz CT molecular complexity index is 438. The normalized spacial score (nSPS) is 15.5. The van der Waals surface area contributed by atoms with Crippen molar-refractivity contribution in [2.24, 2.45) is 0 Å². The smallest absolute Gasteiger partial charge is 0.416 e. The molecule has 0 spiro atoms. The van der Waals surface area contributed by atoms with Gasteiger partial charge in [-0.2, -0.15) is 13.2 Å². The second-order valence-corrected chi connectivity index (χ2v) is 4.30. The standard InChI is InChI=1S/C12H12F3NO2/c13-12(14,15)8-1-3-9(4-2-8)16(7-11(17)18)10-5-6-10/h1-4,10H,5-7H2,(H,17,18). The van der Waals surface area contributed by atoms with Crippen LogP contribution in [0.2, 0.25) is 0 Å². The molecule has 3 nitrogen and oxygen atoms in total. The minimum Gasteiger partial charge on any atom is -0.480 e. The number of anilines is 1. The zero-order valence-corrected chi connectivity index (χ0v) is 9.44. The molecule has 0 aliphatic heterocycles. The molecular weight excluding hydrogens is 247 g/mol. The third-order valence-corrected chi connectivity index (χ3v) is 2.82. The number of nitrogens with zero attached hydrogens (tertiary/aromatic N) is 1. The highest BCUT2D eigenvalue weighted by molar-refractivity contribution is 5.74. The number of halogens is 3. The molecule has 0 aromatic heterocycles.